The lowest BCUT2D eigenvalue weighted by atomic mass is 10.2. The molecule has 0 bridgehead atoms. The summed E-state index contributed by atoms with van der Waals surface area (Å²) in [6.45, 7) is 3.84. The van der Waals surface area contributed by atoms with Crippen molar-refractivity contribution in [2.75, 3.05) is 5.32 Å². The summed E-state index contributed by atoms with van der Waals surface area (Å²) in [5.41, 5.74) is 1.93. The highest BCUT2D eigenvalue weighted by Crippen LogP contribution is 2.27. The Balaban J connectivity index is 2.35. The maximum atomic E-state index is 8.98. The van der Waals surface area contributed by atoms with Gasteiger partial charge in [-0.3, -0.25) is 0 Å². The van der Waals surface area contributed by atoms with Crippen LogP contribution < -0.4 is 5.32 Å². The van der Waals surface area contributed by atoms with Gasteiger partial charge in [-0.1, -0.05) is 11.6 Å². The van der Waals surface area contributed by atoms with Gasteiger partial charge >= 0.3 is 0 Å². The molecule has 17 heavy (non-hydrogen) atoms. The third-order valence-electron chi connectivity index (χ3n) is 2.28. The van der Waals surface area contributed by atoms with Gasteiger partial charge in [-0.15, -0.1) is 11.3 Å². The molecule has 0 unspecified atom stereocenters. The van der Waals surface area contributed by atoms with Crippen molar-refractivity contribution in [3.05, 3.63) is 38.7 Å². The molecule has 0 aliphatic rings. The number of nitrogens with zero attached hydrogens (tertiary/aromatic N) is 2. The van der Waals surface area contributed by atoms with Gasteiger partial charge < -0.3 is 5.32 Å². The number of nitrogens with one attached hydrogen (secondary N) is 1. The Kier molecular flexibility index (Phi) is 3.32. The van der Waals surface area contributed by atoms with Crippen LogP contribution in [0.1, 0.15) is 15.4 Å². The Morgan fingerprint density at radius 3 is 2.82 bits per heavy atom. The highest BCUT2D eigenvalue weighted by atomic mass is 35.5. The number of thiazole rings is 1. The van der Waals surface area contributed by atoms with Crippen LogP contribution in [-0.2, 0) is 0 Å². The van der Waals surface area contributed by atoms with Crippen LogP contribution in [0.3, 0.4) is 0 Å². The zero-order valence-corrected chi connectivity index (χ0v) is 11.0. The summed E-state index contributed by atoms with van der Waals surface area (Å²) in [6.07, 6.45) is 0. The minimum absolute atomic E-state index is 0.594. The van der Waals surface area contributed by atoms with E-state index in [0.717, 1.165) is 16.3 Å². The van der Waals surface area contributed by atoms with E-state index in [1.54, 1.807) is 0 Å². The number of aromatic nitrogens is 1. The molecule has 0 atom stereocenters. The van der Waals surface area contributed by atoms with Gasteiger partial charge in [0.15, 0.2) is 5.82 Å². The van der Waals surface area contributed by atoms with Crippen molar-refractivity contribution >= 4 is 34.4 Å². The average Bonchev–Trinajstić information content (AvgIpc) is 2.63. The van der Waals surface area contributed by atoms with Crippen molar-refractivity contribution in [3.63, 3.8) is 0 Å². The molecule has 0 aliphatic carbocycles. The van der Waals surface area contributed by atoms with Gasteiger partial charge in [-0.25, -0.2) is 4.98 Å². The van der Waals surface area contributed by atoms with Crippen LogP contribution in [0, 0.1) is 25.2 Å². The van der Waals surface area contributed by atoms with Crippen molar-refractivity contribution in [3.8, 4) is 6.07 Å². The molecule has 3 nitrogen and oxygen atoms in total. The van der Waals surface area contributed by atoms with Gasteiger partial charge in [-0.05, 0) is 37.6 Å². The maximum Gasteiger partial charge on any atom is 0.159 e. The zero-order valence-electron chi connectivity index (χ0n) is 9.41. The lowest BCUT2D eigenvalue weighted by Crippen LogP contribution is -1.95. The van der Waals surface area contributed by atoms with Crippen LogP contribution in [-0.4, -0.2) is 4.98 Å². The summed E-state index contributed by atoms with van der Waals surface area (Å²) in [7, 11) is 0. The minimum atomic E-state index is 0.594. The van der Waals surface area contributed by atoms with Gasteiger partial charge in [0.1, 0.15) is 10.9 Å². The van der Waals surface area contributed by atoms with E-state index >= 15 is 0 Å². The van der Waals surface area contributed by atoms with E-state index in [1.807, 2.05) is 32.0 Å². The number of halogens is 1. The van der Waals surface area contributed by atoms with Gasteiger partial charge in [0.25, 0.3) is 0 Å². The molecule has 1 aromatic carbocycles. The molecule has 1 N–H and O–H groups in total. The lowest BCUT2D eigenvalue weighted by Gasteiger charge is -2.07. The summed E-state index contributed by atoms with van der Waals surface area (Å²) in [6, 6.07) is 7.70. The van der Waals surface area contributed by atoms with E-state index in [4.69, 9.17) is 16.9 Å². The molecule has 2 rings (SSSR count). The number of nitriles is 1. The number of hydrogen-bond donors (Lipinski definition) is 1. The smallest absolute Gasteiger partial charge is 0.159 e. The fraction of sp³-hybridized carbons (Fsp3) is 0.167. The first-order valence-corrected chi connectivity index (χ1v) is 6.20. The Hall–Kier alpha value is -1.57. The molecule has 0 saturated heterocycles. The minimum Gasteiger partial charge on any atom is -0.338 e. The van der Waals surface area contributed by atoms with Gasteiger partial charge in [0.2, 0.25) is 0 Å². The van der Waals surface area contributed by atoms with Gasteiger partial charge in [0, 0.05) is 10.7 Å². The summed E-state index contributed by atoms with van der Waals surface area (Å²) >= 11 is 7.27. The van der Waals surface area contributed by atoms with Crippen molar-refractivity contribution in [1.82, 2.24) is 4.98 Å². The molecule has 0 saturated carbocycles. The van der Waals surface area contributed by atoms with Crippen molar-refractivity contribution in [1.29, 1.82) is 5.26 Å². The number of anilines is 2. The van der Waals surface area contributed by atoms with E-state index in [1.165, 1.54) is 11.3 Å². The summed E-state index contributed by atoms with van der Waals surface area (Å²) in [4.78, 5) is 4.89. The van der Waals surface area contributed by atoms with E-state index in [2.05, 4.69) is 16.4 Å². The fourth-order valence-corrected chi connectivity index (χ4v) is 2.38. The van der Waals surface area contributed by atoms with Gasteiger partial charge in [0.05, 0.1) is 5.01 Å². The average molecular weight is 264 g/mol. The van der Waals surface area contributed by atoms with Crippen molar-refractivity contribution in [2.24, 2.45) is 0 Å². The van der Waals surface area contributed by atoms with E-state index in [0.29, 0.717) is 15.7 Å². The topological polar surface area (TPSA) is 48.7 Å². The van der Waals surface area contributed by atoms with E-state index in [9.17, 15) is 0 Å². The lowest BCUT2D eigenvalue weighted by molar-refractivity contribution is 1.27. The predicted molar refractivity (Wildman–Crippen MR) is 71.0 cm³/mol. The van der Waals surface area contributed by atoms with Crippen LogP contribution in [0.25, 0.3) is 0 Å². The van der Waals surface area contributed by atoms with Crippen LogP contribution in [0.4, 0.5) is 11.5 Å². The maximum absolute atomic E-state index is 8.98. The molecule has 5 heteroatoms. The van der Waals surface area contributed by atoms with Crippen molar-refractivity contribution < 1.29 is 0 Å². The summed E-state index contributed by atoms with van der Waals surface area (Å²) in [5.74, 6) is 0.612. The second kappa shape index (κ2) is 4.74. The first-order valence-electron chi connectivity index (χ1n) is 5.01. The third kappa shape index (κ3) is 2.57. The molecule has 2 aromatic rings. The molecule has 0 radical (unpaired) electrons. The fourth-order valence-electron chi connectivity index (χ4n) is 1.48. The molecule has 0 amide bonds. The SMILES string of the molecule is Cc1nc(Nc2ccc(Cl)cc2C)c(C#N)s1. The number of benzene rings is 1. The standard InChI is InChI=1S/C12H10ClN3S/c1-7-5-9(13)3-4-10(7)16-12-11(6-14)17-8(2)15-12/h3-5,16H,1-2H3. The van der Waals surface area contributed by atoms with Crippen LogP contribution in [0.2, 0.25) is 5.02 Å². The van der Waals surface area contributed by atoms with Crippen LogP contribution >= 0.6 is 22.9 Å². The first-order chi connectivity index (χ1) is 8.10. The Labute approximate surface area is 109 Å². The van der Waals surface area contributed by atoms with Crippen molar-refractivity contribution in [2.45, 2.75) is 13.8 Å². The normalized spacial score (nSPS) is 10.0. The molecule has 0 spiro atoms. The molecular weight excluding hydrogens is 254 g/mol. The summed E-state index contributed by atoms with van der Waals surface area (Å²) in [5, 5.41) is 13.7. The van der Waals surface area contributed by atoms with Crippen LogP contribution in [0.15, 0.2) is 18.2 Å². The molecule has 0 fully saturated rings. The molecule has 1 aromatic heterocycles. The highest BCUT2D eigenvalue weighted by molar-refractivity contribution is 7.12. The monoisotopic (exact) mass is 263 g/mol. The quantitative estimate of drug-likeness (QED) is 0.890. The van der Waals surface area contributed by atoms with E-state index in [-0.39, 0.29) is 0 Å². The molecule has 86 valence electrons. The first kappa shape index (κ1) is 11.9. The second-order valence-corrected chi connectivity index (χ2v) is 5.25. The predicted octanol–water partition coefficient (Wildman–Crippen LogP) is 4.03. The molecule has 0 aliphatic heterocycles. The number of rotatable bonds is 2. The highest BCUT2D eigenvalue weighted by Gasteiger charge is 2.09. The molecule has 1 heterocycles. The van der Waals surface area contributed by atoms with E-state index < -0.39 is 0 Å². The molecular formula is C12H10ClN3S. The number of hydrogen-bond acceptors (Lipinski definition) is 4. The van der Waals surface area contributed by atoms with Gasteiger partial charge in [-0.2, -0.15) is 5.26 Å². The second-order valence-electron chi connectivity index (χ2n) is 3.61. The number of aryl methyl sites for hydroxylation is 2. The zero-order chi connectivity index (χ0) is 12.4. The summed E-state index contributed by atoms with van der Waals surface area (Å²) < 4.78 is 0. The Morgan fingerprint density at radius 1 is 1.41 bits per heavy atom. The third-order valence-corrected chi connectivity index (χ3v) is 3.39. The Morgan fingerprint density at radius 2 is 2.18 bits per heavy atom. The Bertz CT molecular complexity index is 598. The largest absolute Gasteiger partial charge is 0.338 e. The van der Waals surface area contributed by atoms with Crippen LogP contribution in [0.5, 0.6) is 0 Å².